The van der Waals surface area contributed by atoms with Crippen LogP contribution in [0.15, 0.2) is 0 Å². The van der Waals surface area contributed by atoms with E-state index in [9.17, 15) is 0 Å². The summed E-state index contributed by atoms with van der Waals surface area (Å²) < 4.78 is 0. The van der Waals surface area contributed by atoms with Gasteiger partial charge in [-0.25, -0.2) is 0 Å². The fourth-order valence-electron chi connectivity index (χ4n) is 0.305. The Balaban J connectivity index is -0.000000120. The summed E-state index contributed by atoms with van der Waals surface area (Å²) in [4.78, 5) is 0. The maximum Gasteiger partial charge on any atom is 2.00 e. The largest absolute Gasteiger partial charge is 2.00 e. The maximum atomic E-state index is 5.08. The van der Waals surface area contributed by atoms with Gasteiger partial charge < -0.3 is 2.85 Å². The van der Waals surface area contributed by atoms with Gasteiger partial charge in [-0.3, -0.25) is 0 Å². The van der Waals surface area contributed by atoms with Crippen molar-refractivity contribution in [1.29, 1.82) is 0 Å². The molecule has 1 aliphatic rings. The van der Waals surface area contributed by atoms with Gasteiger partial charge in [0.2, 0.25) is 0 Å². The van der Waals surface area contributed by atoms with Crippen LogP contribution in [-0.4, -0.2) is 23.1 Å². The normalized spacial score (nSPS) is 16.1. The zero-order valence-corrected chi connectivity index (χ0v) is 6.25. The Morgan fingerprint density at radius 2 is 2.14 bits per heavy atom. The van der Waals surface area contributed by atoms with Crippen LogP contribution in [-0.2, 0) is 0 Å². The molecule has 0 bridgehead atoms. The molecule has 0 aromatic rings. The molecular formula is C5H7ClMg. The van der Waals surface area contributed by atoms with Gasteiger partial charge in [-0.05, 0) is 24.4 Å². The van der Waals surface area contributed by atoms with Crippen LogP contribution in [0.1, 0.15) is 15.7 Å². The minimum absolute atomic E-state index is 0. The molecule has 0 heterocycles. The molecule has 0 aromatic carbocycles. The van der Waals surface area contributed by atoms with Gasteiger partial charge in [-0.1, -0.05) is 5.92 Å². The molecule has 0 spiro atoms. The van der Waals surface area contributed by atoms with E-state index in [2.05, 4.69) is 11.3 Å². The van der Waals surface area contributed by atoms with E-state index in [0.717, 1.165) is 0 Å². The third kappa shape index (κ3) is 3.22. The molecule has 0 saturated heterocycles. The number of halogens is 1. The van der Waals surface area contributed by atoms with Crippen molar-refractivity contribution in [2.75, 3.05) is 0 Å². The Morgan fingerprint density at radius 1 is 1.57 bits per heavy atom. The standard InChI is InChI=1S/C5H5Cl.Mg.2H/c6-4-3-5-1-2-5;;;/h5H,1-2H2;;;/q;+2;2*-1. The second-order valence-corrected chi connectivity index (χ2v) is 1.70. The summed E-state index contributed by atoms with van der Waals surface area (Å²) in [5, 5.41) is 2.35. The molecule has 0 radical (unpaired) electrons. The first-order valence-corrected chi connectivity index (χ1v) is 2.42. The van der Waals surface area contributed by atoms with Crippen LogP contribution in [0.4, 0.5) is 0 Å². The molecule has 0 aromatic heterocycles. The van der Waals surface area contributed by atoms with Crippen molar-refractivity contribution in [3.63, 3.8) is 0 Å². The van der Waals surface area contributed by atoms with Gasteiger partial charge in [-0.2, -0.15) is 0 Å². The smallest absolute Gasteiger partial charge is 1.00 e. The Labute approximate surface area is 67.7 Å². The van der Waals surface area contributed by atoms with Crippen LogP contribution < -0.4 is 0 Å². The predicted octanol–water partition coefficient (Wildman–Crippen LogP) is 1.44. The monoisotopic (exact) mass is 126 g/mol. The first-order chi connectivity index (χ1) is 2.93. The average molecular weight is 127 g/mol. The molecule has 0 nitrogen and oxygen atoms in total. The van der Waals surface area contributed by atoms with Crippen molar-refractivity contribution in [1.82, 2.24) is 0 Å². The average Bonchev–Trinajstić information content (AvgIpc) is 2.21. The molecule has 0 aliphatic heterocycles. The van der Waals surface area contributed by atoms with Gasteiger partial charge in [0.25, 0.3) is 0 Å². The van der Waals surface area contributed by atoms with Crippen LogP contribution >= 0.6 is 11.6 Å². The van der Waals surface area contributed by atoms with Crippen molar-refractivity contribution in [2.24, 2.45) is 5.92 Å². The van der Waals surface area contributed by atoms with E-state index in [-0.39, 0.29) is 25.9 Å². The first kappa shape index (κ1) is 7.62. The van der Waals surface area contributed by atoms with Crippen molar-refractivity contribution < 1.29 is 2.85 Å². The maximum absolute atomic E-state index is 5.08. The minimum Gasteiger partial charge on any atom is -1.00 e. The topological polar surface area (TPSA) is 0 Å². The molecular weight excluding hydrogens is 120 g/mol. The summed E-state index contributed by atoms with van der Waals surface area (Å²) in [5.74, 6) is 3.49. The fourth-order valence-corrected chi connectivity index (χ4v) is 0.459. The van der Waals surface area contributed by atoms with Gasteiger partial charge in [-0.15, -0.1) is 0 Å². The molecule has 7 heavy (non-hydrogen) atoms. The quantitative estimate of drug-likeness (QED) is 0.341. The Morgan fingerprint density at radius 3 is 2.29 bits per heavy atom. The van der Waals surface area contributed by atoms with E-state index in [4.69, 9.17) is 11.6 Å². The fraction of sp³-hybridized carbons (Fsp3) is 0.600. The van der Waals surface area contributed by atoms with E-state index in [1.807, 2.05) is 0 Å². The SMILES string of the molecule is ClC#CC1CC1.[H-].[H-].[Mg+2]. The van der Waals surface area contributed by atoms with Crippen molar-refractivity contribution >= 4 is 34.7 Å². The third-order valence-corrected chi connectivity index (χ3v) is 0.945. The Kier molecular flexibility index (Phi) is 3.91. The number of hydrogen-bond donors (Lipinski definition) is 0. The van der Waals surface area contributed by atoms with E-state index in [1.165, 1.54) is 12.8 Å². The second-order valence-electron chi connectivity index (χ2n) is 1.51. The molecule has 0 atom stereocenters. The Hall–Kier alpha value is 0.616. The molecule has 0 N–H and O–H groups in total. The van der Waals surface area contributed by atoms with Crippen molar-refractivity contribution in [2.45, 2.75) is 12.8 Å². The summed E-state index contributed by atoms with van der Waals surface area (Å²) in [6.07, 6.45) is 2.53. The predicted molar refractivity (Wildman–Crippen MR) is 34.3 cm³/mol. The van der Waals surface area contributed by atoms with E-state index < -0.39 is 0 Å². The van der Waals surface area contributed by atoms with E-state index in [0.29, 0.717) is 5.92 Å². The zero-order valence-electron chi connectivity index (χ0n) is 6.08. The zero-order chi connectivity index (χ0) is 4.41. The summed E-state index contributed by atoms with van der Waals surface area (Å²) in [6.45, 7) is 0. The minimum atomic E-state index is 0. The number of rotatable bonds is 0. The summed E-state index contributed by atoms with van der Waals surface area (Å²) >= 11 is 5.08. The second kappa shape index (κ2) is 3.60. The molecule has 1 aliphatic carbocycles. The first-order valence-electron chi connectivity index (χ1n) is 2.04. The van der Waals surface area contributed by atoms with Gasteiger partial charge in [0, 0.05) is 11.3 Å². The molecule has 0 amide bonds. The third-order valence-electron chi connectivity index (χ3n) is 0.836. The van der Waals surface area contributed by atoms with Gasteiger partial charge in [0.15, 0.2) is 0 Å². The van der Waals surface area contributed by atoms with E-state index >= 15 is 0 Å². The molecule has 0 unspecified atom stereocenters. The van der Waals surface area contributed by atoms with Gasteiger partial charge in [0.05, 0.1) is 0 Å². The van der Waals surface area contributed by atoms with Crippen LogP contribution in [0.25, 0.3) is 0 Å². The molecule has 2 heteroatoms. The molecule has 1 fully saturated rings. The summed E-state index contributed by atoms with van der Waals surface area (Å²) in [6, 6.07) is 0. The summed E-state index contributed by atoms with van der Waals surface area (Å²) in [7, 11) is 0. The van der Waals surface area contributed by atoms with Crippen LogP contribution in [0, 0.1) is 17.2 Å². The van der Waals surface area contributed by atoms with Gasteiger partial charge in [0.1, 0.15) is 0 Å². The van der Waals surface area contributed by atoms with E-state index in [1.54, 1.807) is 0 Å². The van der Waals surface area contributed by atoms with Crippen LogP contribution in [0.5, 0.6) is 0 Å². The molecule has 1 rings (SSSR count). The Bertz CT molecular complexity index is 103. The van der Waals surface area contributed by atoms with Crippen molar-refractivity contribution in [3.05, 3.63) is 0 Å². The molecule has 36 valence electrons. The van der Waals surface area contributed by atoms with Crippen LogP contribution in [0.3, 0.4) is 0 Å². The number of hydrogen-bond acceptors (Lipinski definition) is 0. The van der Waals surface area contributed by atoms with Crippen molar-refractivity contribution in [3.8, 4) is 11.3 Å². The molecule has 1 saturated carbocycles. The van der Waals surface area contributed by atoms with Crippen LogP contribution in [0.2, 0.25) is 0 Å². The summed E-state index contributed by atoms with van der Waals surface area (Å²) in [5.41, 5.74) is 0. The van der Waals surface area contributed by atoms with Gasteiger partial charge >= 0.3 is 23.1 Å².